The molecule has 0 amide bonds. The predicted molar refractivity (Wildman–Crippen MR) is 64.9 cm³/mol. The maximum atomic E-state index is 3.80. The van der Waals surface area contributed by atoms with Crippen molar-refractivity contribution in [2.75, 3.05) is 5.75 Å². The second kappa shape index (κ2) is 4.05. The Morgan fingerprint density at radius 3 is 2.86 bits per heavy atom. The quantitative estimate of drug-likeness (QED) is 0.664. The van der Waals surface area contributed by atoms with E-state index in [1.807, 2.05) is 0 Å². The fraction of sp³-hybridized carbons (Fsp3) is 1.00. The highest BCUT2D eigenvalue weighted by molar-refractivity contribution is 7.99. The van der Waals surface area contributed by atoms with Crippen LogP contribution in [0.2, 0.25) is 0 Å². The van der Waals surface area contributed by atoms with E-state index < -0.39 is 0 Å². The summed E-state index contributed by atoms with van der Waals surface area (Å²) < 4.78 is 0. The van der Waals surface area contributed by atoms with E-state index in [2.05, 4.69) is 37.8 Å². The molecule has 2 fully saturated rings. The Morgan fingerprint density at radius 2 is 2.07 bits per heavy atom. The Balaban J connectivity index is 2.01. The summed E-state index contributed by atoms with van der Waals surface area (Å²) in [6, 6.07) is 1.53. The number of rotatable bonds is 0. The molecule has 0 aromatic carbocycles. The molecule has 2 heteroatoms. The van der Waals surface area contributed by atoms with E-state index in [1.54, 1.807) is 0 Å². The lowest BCUT2D eigenvalue weighted by Gasteiger charge is -2.40. The van der Waals surface area contributed by atoms with Gasteiger partial charge in [0, 0.05) is 17.3 Å². The van der Waals surface area contributed by atoms with Crippen LogP contribution in [0.1, 0.15) is 46.5 Å². The zero-order chi connectivity index (χ0) is 10.2. The van der Waals surface area contributed by atoms with Crippen molar-refractivity contribution in [2.45, 2.75) is 63.8 Å². The summed E-state index contributed by atoms with van der Waals surface area (Å²) in [7, 11) is 0. The van der Waals surface area contributed by atoms with Crippen LogP contribution in [-0.2, 0) is 0 Å². The van der Waals surface area contributed by atoms with Crippen LogP contribution in [0, 0.1) is 5.41 Å². The first-order valence-electron chi connectivity index (χ1n) is 5.94. The minimum absolute atomic E-state index is 0.587. The lowest BCUT2D eigenvalue weighted by molar-refractivity contribution is 0.209. The third-order valence-electron chi connectivity index (χ3n) is 3.72. The summed E-state index contributed by atoms with van der Waals surface area (Å²) in [6.45, 7) is 7.19. The molecule has 1 nitrogen and oxygen atoms in total. The zero-order valence-corrected chi connectivity index (χ0v) is 10.5. The molecule has 0 bridgehead atoms. The molecule has 82 valence electrons. The first-order chi connectivity index (χ1) is 6.57. The predicted octanol–water partition coefficient (Wildman–Crippen LogP) is 3.05. The van der Waals surface area contributed by atoms with Gasteiger partial charge in [0.15, 0.2) is 0 Å². The molecule has 1 saturated heterocycles. The van der Waals surface area contributed by atoms with Crippen molar-refractivity contribution in [2.24, 2.45) is 5.41 Å². The molecule has 1 saturated carbocycles. The van der Waals surface area contributed by atoms with Gasteiger partial charge in [-0.2, -0.15) is 11.8 Å². The fourth-order valence-electron chi connectivity index (χ4n) is 2.73. The van der Waals surface area contributed by atoms with Gasteiger partial charge in [-0.1, -0.05) is 13.8 Å². The van der Waals surface area contributed by atoms with Crippen molar-refractivity contribution in [3.63, 3.8) is 0 Å². The first-order valence-corrected chi connectivity index (χ1v) is 6.99. The van der Waals surface area contributed by atoms with Crippen LogP contribution in [0.4, 0.5) is 0 Å². The van der Waals surface area contributed by atoms with Gasteiger partial charge in [-0.15, -0.1) is 0 Å². The van der Waals surface area contributed by atoms with Gasteiger partial charge >= 0.3 is 0 Å². The van der Waals surface area contributed by atoms with Crippen molar-refractivity contribution in [1.82, 2.24) is 5.32 Å². The maximum Gasteiger partial charge on any atom is 0.0206 e. The van der Waals surface area contributed by atoms with E-state index in [0.29, 0.717) is 5.41 Å². The van der Waals surface area contributed by atoms with E-state index >= 15 is 0 Å². The standard InChI is InChI=1S/C12H23NS/c1-9-5-7-14-11-8-12(2,3)6-4-10(11)13-9/h9-11,13H,4-8H2,1-3H3. The SMILES string of the molecule is CC1CCSC2CC(C)(C)CCC2N1. The second-order valence-corrected chi connectivity index (χ2v) is 7.13. The normalized spacial score (nSPS) is 42.6. The van der Waals surface area contributed by atoms with Gasteiger partial charge in [0.1, 0.15) is 0 Å². The lowest BCUT2D eigenvalue weighted by atomic mass is 9.75. The molecule has 0 aromatic heterocycles. The Morgan fingerprint density at radius 1 is 1.29 bits per heavy atom. The molecule has 1 aliphatic carbocycles. The summed E-state index contributed by atoms with van der Waals surface area (Å²) in [5.74, 6) is 1.35. The van der Waals surface area contributed by atoms with Gasteiger partial charge in [-0.05, 0) is 43.8 Å². The highest BCUT2D eigenvalue weighted by atomic mass is 32.2. The molecule has 0 aromatic rings. The van der Waals surface area contributed by atoms with Gasteiger partial charge < -0.3 is 5.32 Å². The summed E-state index contributed by atoms with van der Waals surface area (Å²) in [5, 5.41) is 4.68. The Labute approximate surface area is 92.4 Å². The number of fused-ring (bicyclic) bond motifs is 1. The largest absolute Gasteiger partial charge is 0.310 e. The average Bonchev–Trinajstić information content (AvgIpc) is 2.24. The van der Waals surface area contributed by atoms with Gasteiger partial charge in [0.2, 0.25) is 0 Å². The molecule has 14 heavy (non-hydrogen) atoms. The molecule has 3 atom stereocenters. The van der Waals surface area contributed by atoms with Gasteiger partial charge in [0.05, 0.1) is 0 Å². The van der Waals surface area contributed by atoms with Crippen molar-refractivity contribution < 1.29 is 0 Å². The molecule has 3 unspecified atom stereocenters. The van der Waals surface area contributed by atoms with E-state index in [9.17, 15) is 0 Å². The molecule has 1 aliphatic heterocycles. The number of thioether (sulfide) groups is 1. The molecule has 2 rings (SSSR count). The van der Waals surface area contributed by atoms with Crippen LogP contribution in [0.25, 0.3) is 0 Å². The van der Waals surface area contributed by atoms with Gasteiger partial charge in [0.25, 0.3) is 0 Å². The lowest BCUT2D eigenvalue weighted by Crippen LogP contribution is -2.46. The molecule has 1 heterocycles. The fourth-order valence-corrected chi connectivity index (χ4v) is 4.54. The van der Waals surface area contributed by atoms with E-state index in [1.165, 1.54) is 31.4 Å². The second-order valence-electron chi connectivity index (χ2n) is 5.78. The Bertz CT molecular complexity index is 202. The van der Waals surface area contributed by atoms with Crippen molar-refractivity contribution in [3.05, 3.63) is 0 Å². The van der Waals surface area contributed by atoms with Crippen LogP contribution in [0.15, 0.2) is 0 Å². The third kappa shape index (κ3) is 2.46. The van der Waals surface area contributed by atoms with Crippen LogP contribution in [-0.4, -0.2) is 23.1 Å². The number of nitrogens with one attached hydrogen (secondary N) is 1. The molecular weight excluding hydrogens is 190 g/mol. The van der Waals surface area contributed by atoms with E-state index in [0.717, 1.165) is 17.3 Å². The number of hydrogen-bond donors (Lipinski definition) is 1. The smallest absolute Gasteiger partial charge is 0.0206 e. The minimum Gasteiger partial charge on any atom is -0.310 e. The van der Waals surface area contributed by atoms with E-state index in [4.69, 9.17) is 0 Å². The molecule has 2 aliphatic rings. The van der Waals surface area contributed by atoms with Gasteiger partial charge in [-0.25, -0.2) is 0 Å². The third-order valence-corrected chi connectivity index (χ3v) is 5.11. The number of hydrogen-bond acceptors (Lipinski definition) is 2. The van der Waals surface area contributed by atoms with Crippen LogP contribution in [0.3, 0.4) is 0 Å². The highest BCUT2D eigenvalue weighted by Crippen LogP contribution is 2.41. The van der Waals surface area contributed by atoms with Crippen molar-refractivity contribution in [3.8, 4) is 0 Å². The monoisotopic (exact) mass is 213 g/mol. The topological polar surface area (TPSA) is 12.0 Å². The Hall–Kier alpha value is 0.310. The Kier molecular flexibility index (Phi) is 3.13. The van der Waals surface area contributed by atoms with Crippen LogP contribution in [0.5, 0.6) is 0 Å². The average molecular weight is 213 g/mol. The first kappa shape index (κ1) is 10.8. The van der Waals surface area contributed by atoms with Crippen LogP contribution < -0.4 is 5.32 Å². The summed E-state index contributed by atoms with van der Waals surface area (Å²) in [6.07, 6.45) is 5.53. The molecular formula is C12H23NS. The maximum absolute atomic E-state index is 3.80. The molecule has 1 N–H and O–H groups in total. The minimum atomic E-state index is 0.587. The molecule has 0 spiro atoms. The van der Waals surface area contributed by atoms with Crippen LogP contribution >= 0.6 is 11.8 Å². The van der Waals surface area contributed by atoms with Crippen molar-refractivity contribution in [1.29, 1.82) is 0 Å². The highest BCUT2D eigenvalue weighted by Gasteiger charge is 2.36. The zero-order valence-electron chi connectivity index (χ0n) is 9.68. The molecule has 0 radical (unpaired) electrons. The van der Waals surface area contributed by atoms with E-state index in [-0.39, 0.29) is 0 Å². The summed E-state index contributed by atoms with van der Waals surface area (Å²) in [5.41, 5.74) is 0.587. The summed E-state index contributed by atoms with van der Waals surface area (Å²) in [4.78, 5) is 0. The van der Waals surface area contributed by atoms with Crippen molar-refractivity contribution >= 4 is 11.8 Å². The van der Waals surface area contributed by atoms with Gasteiger partial charge in [-0.3, -0.25) is 0 Å². The summed E-state index contributed by atoms with van der Waals surface area (Å²) >= 11 is 2.21.